The van der Waals surface area contributed by atoms with Gasteiger partial charge in [0.05, 0.1) is 5.92 Å². The van der Waals surface area contributed by atoms with E-state index in [9.17, 15) is 0 Å². The van der Waals surface area contributed by atoms with E-state index in [-0.39, 0.29) is 17.8 Å². The molecule has 0 rings (SSSR count). The fourth-order valence-corrected chi connectivity index (χ4v) is 7.10. The first-order valence-corrected chi connectivity index (χ1v) is 25.0. The van der Waals surface area contributed by atoms with Gasteiger partial charge in [-0.3, -0.25) is 0 Å². The fraction of sp³-hybridized carbons (Fsp3) is 0.759. The van der Waals surface area contributed by atoms with Crippen LogP contribution in [0.5, 0.6) is 0 Å². The summed E-state index contributed by atoms with van der Waals surface area (Å²) in [5, 5.41) is 0. The van der Waals surface area contributed by atoms with Crippen molar-refractivity contribution in [3.8, 4) is 83.4 Å². The van der Waals surface area contributed by atoms with Crippen LogP contribution in [0.3, 0.4) is 0 Å². The van der Waals surface area contributed by atoms with E-state index in [4.69, 9.17) is 6.42 Å². The molecule has 0 aliphatic carbocycles. The van der Waals surface area contributed by atoms with Crippen molar-refractivity contribution in [3.05, 3.63) is 0 Å². The molecule has 4 atom stereocenters. The summed E-state index contributed by atoms with van der Waals surface area (Å²) in [5.74, 6) is 46.7. The maximum atomic E-state index is 6.24. The lowest BCUT2D eigenvalue weighted by Gasteiger charge is -2.27. The Morgan fingerprint density at radius 3 is 1.10 bits per heavy atom. The smallest absolute Gasteiger partial charge is 0.116 e. The minimum absolute atomic E-state index is 0.0401. The van der Waals surface area contributed by atoms with Crippen molar-refractivity contribution in [2.24, 2.45) is 23.2 Å². The average Bonchev–Trinajstić information content (AvgIpc) is 3.23. The molecule has 0 N–H and O–H groups in total. The summed E-state index contributed by atoms with van der Waals surface area (Å²) in [7, 11) is 0. The second-order valence-corrected chi connectivity index (χ2v) is 16.7. The minimum Gasteiger partial charge on any atom is -0.119 e. The zero-order chi connectivity index (χ0) is 42.5. The van der Waals surface area contributed by atoms with Gasteiger partial charge < -0.3 is 0 Å². The highest BCUT2D eigenvalue weighted by Gasteiger charge is 2.34. The Bertz CT molecular complexity index is 1380. The van der Waals surface area contributed by atoms with Crippen LogP contribution in [-0.2, 0) is 0 Å². The summed E-state index contributed by atoms with van der Waals surface area (Å²) in [6, 6.07) is 0. The molecule has 0 fully saturated rings. The normalized spacial score (nSPS) is 12.7. The summed E-state index contributed by atoms with van der Waals surface area (Å²) in [4.78, 5) is 0. The molecule has 0 saturated carbocycles. The standard InChI is InChI=1S/C58H90/c1-8-15-21-27-32-37-43-51-57(50-42-36-30-24-18-11-4)58(52-44-38-31-25-19-12-5,53-45-39-33-28-22-16-9-2)54-46-49-56(48-41-34-26-20-13-6)55(14-7)47-40-35-29-23-17-10-3/h7,55-57H,8-13,15-39,46,49,54H2,1-6H3. The van der Waals surface area contributed by atoms with E-state index < -0.39 is 5.41 Å². The van der Waals surface area contributed by atoms with E-state index in [2.05, 4.69) is 119 Å². The molecular formula is C58H90. The van der Waals surface area contributed by atoms with Crippen LogP contribution in [0, 0.1) is 107 Å². The van der Waals surface area contributed by atoms with Crippen LogP contribution < -0.4 is 0 Å². The molecule has 0 heteroatoms. The minimum atomic E-state index is -0.602. The Labute approximate surface area is 365 Å². The third kappa shape index (κ3) is 31.9. The summed E-state index contributed by atoms with van der Waals surface area (Å²) in [6.45, 7) is 13.6. The van der Waals surface area contributed by atoms with Crippen molar-refractivity contribution in [1.82, 2.24) is 0 Å². The van der Waals surface area contributed by atoms with Gasteiger partial charge in [0, 0.05) is 44.4 Å². The number of rotatable bonds is 31. The van der Waals surface area contributed by atoms with Crippen molar-refractivity contribution in [1.29, 1.82) is 0 Å². The SMILES string of the molecule is C#CC(C#CCCCCCC)C(C#CCCCCC)CCCC(C#CCCCCCC)(C#CCCCCCCC)C(C#CCCCCCC)C#CCCCCCCC. The molecule has 0 aromatic heterocycles. The number of unbranched alkanes of at least 4 members (excludes halogenated alkanes) is 25. The Morgan fingerprint density at radius 2 is 0.690 bits per heavy atom. The maximum Gasteiger partial charge on any atom is 0.116 e. The number of hydrogen-bond acceptors (Lipinski definition) is 0. The number of terminal acetylenes is 1. The van der Waals surface area contributed by atoms with E-state index in [1.54, 1.807) is 0 Å². The quantitative estimate of drug-likeness (QED) is 0.0485. The number of hydrogen-bond donors (Lipinski definition) is 0. The Hall–Kier alpha value is -3.08. The molecule has 4 unspecified atom stereocenters. The lowest BCUT2D eigenvalue weighted by atomic mass is 9.72. The van der Waals surface area contributed by atoms with E-state index in [1.165, 1.54) is 122 Å². The van der Waals surface area contributed by atoms with Gasteiger partial charge in [-0.15, -0.1) is 41.9 Å². The van der Waals surface area contributed by atoms with Crippen molar-refractivity contribution in [2.45, 2.75) is 260 Å². The zero-order valence-electron chi connectivity index (χ0n) is 39.4. The molecule has 0 aromatic rings. The molecule has 0 amide bonds. The molecule has 0 aromatic carbocycles. The predicted molar refractivity (Wildman–Crippen MR) is 259 cm³/mol. The van der Waals surface area contributed by atoms with Gasteiger partial charge in [0.25, 0.3) is 0 Å². The molecular weight excluding hydrogens is 697 g/mol. The van der Waals surface area contributed by atoms with Crippen LogP contribution >= 0.6 is 0 Å². The van der Waals surface area contributed by atoms with E-state index >= 15 is 0 Å². The second-order valence-electron chi connectivity index (χ2n) is 16.7. The molecule has 0 aliphatic heterocycles. The van der Waals surface area contributed by atoms with Gasteiger partial charge in [0.1, 0.15) is 11.3 Å². The zero-order valence-corrected chi connectivity index (χ0v) is 39.4. The van der Waals surface area contributed by atoms with Gasteiger partial charge >= 0.3 is 0 Å². The van der Waals surface area contributed by atoms with Crippen LogP contribution in [0.15, 0.2) is 0 Å². The molecule has 0 radical (unpaired) electrons. The highest BCUT2D eigenvalue weighted by Crippen LogP contribution is 2.35. The Balaban J connectivity index is 7.00. The maximum absolute atomic E-state index is 6.24. The van der Waals surface area contributed by atoms with Gasteiger partial charge in [0.15, 0.2) is 0 Å². The monoisotopic (exact) mass is 787 g/mol. The molecule has 0 aliphatic rings. The van der Waals surface area contributed by atoms with Gasteiger partial charge in [-0.1, -0.05) is 205 Å². The first kappa shape index (κ1) is 54.9. The summed E-state index contributed by atoms with van der Waals surface area (Å²) >= 11 is 0. The van der Waals surface area contributed by atoms with Gasteiger partial charge in [-0.25, -0.2) is 0 Å². The topological polar surface area (TPSA) is 0 Å². The van der Waals surface area contributed by atoms with E-state index in [0.717, 1.165) is 96.3 Å². The molecule has 0 bridgehead atoms. The summed E-state index contributed by atoms with van der Waals surface area (Å²) < 4.78 is 0. The van der Waals surface area contributed by atoms with Gasteiger partial charge in [0.2, 0.25) is 0 Å². The predicted octanol–water partition coefficient (Wildman–Crippen LogP) is 16.9. The van der Waals surface area contributed by atoms with Crippen molar-refractivity contribution >= 4 is 0 Å². The molecule has 0 saturated heterocycles. The Morgan fingerprint density at radius 1 is 0.362 bits per heavy atom. The van der Waals surface area contributed by atoms with Gasteiger partial charge in [-0.05, 0) is 57.8 Å². The van der Waals surface area contributed by atoms with E-state index in [0.29, 0.717) is 0 Å². The molecule has 322 valence electrons. The van der Waals surface area contributed by atoms with Crippen molar-refractivity contribution in [2.75, 3.05) is 0 Å². The van der Waals surface area contributed by atoms with Crippen molar-refractivity contribution in [3.63, 3.8) is 0 Å². The van der Waals surface area contributed by atoms with Crippen LogP contribution in [0.25, 0.3) is 0 Å². The van der Waals surface area contributed by atoms with E-state index in [1.807, 2.05) is 0 Å². The lowest BCUT2D eigenvalue weighted by molar-refractivity contribution is 0.392. The molecule has 0 heterocycles. The summed E-state index contributed by atoms with van der Waals surface area (Å²) in [5.41, 5.74) is -0.602. The largest absolute Gasteiger partial charge is 0.119 e. The highest BCUT2D eigenvalue weighted by molar-refractivity contribution is 5.38. The molecule has 0 spiro atoms. The van der Waals surface area contributed by atoms with Crippen LogP contribution in [0.1, 0.15) is 260 Å². The first-order valence-electron chi connectivity index (χ1n) is 25.0. The third-order valence-corrected chi connectivity index (χ3v) is 11.0. The first-order chi connectivity index (χ1) is 28.6. The molecule has 0 nitrogen and oxygen atoms in total. The van der Waals surface area contributed by atoms with Crippen LogP contribution in [0.4, 0.5) is 0 Å². The van der Waals surface area contributed by atoms with Crippen LogP contribution in [0.2, 0.25) is 0 Å². The van der Waals surface area contributed by atoms with Crippen molar-refractivity contribution < 1.29 is 0 Å². The second kappa shape index (κ2) is 43.5. The lowest BCUT2D eigenvalue weighted by Crippen LogP contribution is -2.27. The Kier molecular flexibility index (Phi) is 41.2. The fourth-order valence-electron chi connectivity index (χ4n) is 7.10. The third-order valence-electron chi connectivity index (χ3n) is 11.0. The molecule has 58 heavy (non-hydrogen) atoms. The highest BCUT2D eigenvalue weighted by atomic mass is 14.3. The van der Waals surface area contributed by atoms with Gasteiger partial charge in [-0.2, -0.15) is 0 Å². The summed E-state index contributed by atoms with van der Waals surface area (Å²) in [6.07, 6.45) is 45.0. The van der Waals surface area contributed by atoms with Crippen LogP contribution in [-0.4, -0.2) is 0 Å². The average molecular weight is 787 g/mol.